The number of primary amides is 1. The van der Waals surface area contributed by atoms with Gasteiger partial charge in [0.15, 0.2) is 0 Å². The molecule has 1 fully saturated rings. The molecule has 1 heterocycles. The van der Waals surface area contributed by atoms with Crippen molar-refractivity contribution in [3.05, 3.63) is 34.1 Å². The zero-order valence-electron chi connectivity index (χ0n) is 12.4. The maximum absolute atomic E-state index is 14.6. The van der Waals surface area contributed by atoms with Crippen LogP contribution in [0.25, 0.3) is 5.57 Å². The Morgan fingerprint density at radius 1 is 1.43 bits per heavy atom. The number of carbonyl (C=O) groups excluding carboxylic acids is 1. The molecule has 21 heavy (non-hydrogen) atoms. The molecule has 1 aliphatic carbocycles. The lowest BCUT2D eigenvalue weighted by molar-refractivity contribution is 0.0999. The van der Waals surface area contributed by atoms with Crippen LogP contribution in [-0.4, -0.2) is 25.0 Å². The van der Waals surface area contributed by atoms with E-state index in [1.54, 1.807) is 0 Å². The molecule has 0 aromatic heterocycles. The molecule has 2 aliphatic rings. The van der Waals surface area contributed by atoms with Crippen LogP contribution < -0.4 is 16.4 Å². The highest BCUT2D eigenvalue weighted by molar-refractivity contribution is 5.99. The number of hydrogen-bond donors (Lipinski definition) is 2. The van der Waals surface area contributed by atoms with Crippen molar-refractivity contribution in [3.63, 3.8) is 0 Å². The lowest BCUT2D eigenvalue weighted by atomic mass is 9.97. The van der Waals surface area contributed by atoms with Crippen LogP contribution in [0.2, 0.25) is 0 Å². The van der Waals surface area contributed by atoms with Gasteiger partial charge in [0, 0.05) is 30.3 Å². The smallest absolute Gasteiger partial charge is 0.249 e. The lowest BCUT2D eigenvalue weighted by Crippen LogP contribution is -2.28. The van der Waals surface area contributed by atoms with Gasteiger partial charge >= 0.3 is 0 Å². The second kappa shape index (κ2) is 4.84. The van der Waals surface area contributed by atoms with E-state index < -0.39 is 5.91 Å². The summed E-state index contributed by atoms with van der Waals surface area (Å²) in [6.45, 7) is 5.38. The van der Waals surface area contributed by atoms with E-state index in [-0.39, 0.29) is 11.9 Å². The van der Waals surface area contributed by atoms with Gasteiger partial charge in [0.1, 0.15) is 5.82 Å². The second-order valence-electron chi connectivity index (χ2n) is 6.05. The Hall–Kier alpha value is -1.88. The van der Waals surface area contributed by atoms with E-state index in [0.29, 0.717) is 24.2 Å². The van der Waals surface area contributed by atoms with Crippen molar-refractivity contribution < 1.29 is 9.18 Å². The molecule has 1 aliphatic heterocycles. The summed E-state index contributed by atoms with van der Waals surface area (Å²) < 4.78 is 14.6. The minimum atomic E-state index is -0.572. The minimum Gasteiger partial charge on any atom is -0.367 e. The number of hydrogen-bond acceptors (Lipinski definition) is 3. The molecule has 0 spiro atoms. The van der Waals surface area contributed by atoms with Crippen molar-refractivity contribution in [2.45, 2.75) is 32.7 Å². The molecule has 112 valence electrons. The lowest BCUT2D eigenvalue weighted by Gasteiger charge is -2.24. The molecule has 4 nitrogen and oxygen atoms in total. The van der Waals surface area contributed by atoms with E-state index in [1.807, 2.05) is 18.7 Å². The first-order valence-electron chi connectivity index (χ1n) is 7.22. The fourth-order valence-electron chi connectivity index (χ4n) is 3.40. The summed E-state index contributed by atoms with van der Waals surface area (Å²) in [5.41, 5.74) is 16.1. The zero-order valence-corrected chi connectivity index (χ0v) is 12.4. The quantitative estimate of drug-likeness (QED) is 0.872. The van der Waals surface area contributed by atoms with E-state index in [1.165, 1.54) is 6.07 Å². The maximum Gasteiger partial charge on any atom is 0.249 e. The van der Waals surface area contributed by atoms with Gasteiger partial charge in [0.25, 0.3) is 0 Å². The molecule has 1 amide bonds. The second-order valence-corrected chi connectivity index (χ2v) is 6.05. The van der Waals surface area contributed by atoms with Gasteiger partial charge < -0.3 is 16.4 Å². The summed E-state index contributed by atoms with van der Waals surface area (Å²) in [7, 11) is 0. The highest BCUT2D eigenvalue weighted by atomic mass is 19.1. The molecule has 1 aromatic rings. The number of fused-ring (bicyclic) bond motifs is 1. The predicted octanol–water partition coefficient (Wildman–Crippen LogP) is 1.81. The third-order valence-electron chi connectivity index (χ3n) is 4.62. The van der Waals surface area contributed by atoms with Gasteiger partial charge in [-0.3, -0.25) is 4.79 Å². The molecule has 1 aromatic carbocycles. The maximum atomic E-state index is 14.6. The Labute approximate surface area is 123 Å². The molecule has 0 bridgehead atoms. The van der Waals surface area contributed by atoms with Gasteiger partial charge in [-0.15, -0.1) is 0 Å². The number of nitrogens with zero attached hydrogens (tertiary/aromatic N) is 1. The molecule has 4 N–H and O–H groups in total. The van der Waals surface area contributed by atoms with Crippen LogP contribution in [0, 0.1) is 5.82 Å². The first-order chi connectivity index (χ1) is 9.90. The van der Waals surface area contributed by atoms with Crippen LogP contribution in [0.3, 0.4) is 0 Å². The zero-order chi connectivity index (χ0) is 15.3. The molecule has 3 rings (SSSR count). The van der Waals surface area contributed by atoms with Crippen LogP contribution >= 0.6 is 0 Å². The average Bonchev–Trinajstić information content (AvgIpc) is 2.95. The third kappa shape index (κ3) is 2.12. The van der Waals surface area contributed by atoms with Gasteiger partial charge in [-0.2, -0.15) is 0 Å². The van der Waals surface area contributed by atoms with E-state index in [2.05, 4.69) is 0 Å². The summed E-state index contributed by atoms with van der Waals surface area (Å²) >= 11 is 0. The largest absolute Gasteiger partial charge is 0.367 e. The number of halogens is 1. The fraction of sp³-hybridized carbons (Fsp3) is 0.438. The molecule has 1 atom stereocenters. The van der Waals surface area contributed by atoms with Gasteiger partial charge in [0.05, 0.1) is 5.69 Å². The Kier molecular flexibility index (Phi) is 3.24. The first-order valence-corrected chi connectivity index (χ1v) is 7.22. The van der Waals surface area contributed by atoms with Gasteiger partial charge in [-0.1, -0.05) is 5.57 Å². The highest BCUT2D eigenvalue weighted by Crippen LogP contribution is 2.43. The van der Waals surface area contributed by atoms with Crippen molar-refractivity contribution in [2.75, 3.05) is 18.0 Å². The Bertz CT molecular complexity index is 666. The van der Waals surface area contributed by atoms with E-state index in [0.717, 1.165) is 35.2 Å². The van der Waals surface area contributed by atoms with E-state index >= 15 is 0 Å². The standard InChI is InChI=1S/C16H20FN3O/c1-8-5-11-12(16(19)21)6-13(17)15(14(11)9(8)2)20-4-3-10(18)7-20/h6,10H,3-5,7,18H2,1-2H3,(H2,19,21)/t10-/m0/s1. The van der Waals surface area contributed by atoms with Crippen LogP contribution in [0.4, 0.5) is 10.1 Å². The predicted molar refractivity (Wildman–Crippen MR) is 81.7 cm³/mol. The molecule has 0 unspecified atom stereocenters. The monoisotopic (exact) mass is 289 g/mol. The topological polar surface area (TPSA) is 72.4 Å². The van der Waals surface area contributed by atoms with Crippen molar-refractivity contribution in [1.29, 1.82) is 0 Å². The van der Waals surface area contributed by atoms with Crippen LogP contribution in [0.15, 0.2) is 11.6 Å². The Morgan fingerprint density at radius 3 is 2.71 bits per heavy atom. The molecular formula is C16H20FN3O. The average molecular weight is 289 g/mol. The molecule has 1 saturated heterocycles. The van der Waals surface area contributed by atoms with Crippen molar-refractivity contribution >= 4 is 17.2 Å². The highest BCUT2D eigenvalue weighted by Gasteiger charge is 2.31. The van der Waals surface area contributed by atoms with Crippen molar-refractivity contribution in [1.82, 2.24) is 0 Å². The Balaban J connectivity index is 2.22. The number of anilines is 1. The number of nitrogens with two attached hydrogens (primary N) is 2. The van der Waals surface area contributed by atoms with Crippen LogP contribution in [0.1, 0.15) is 41.8 Å². The van der Waals surface area contributed by atoms with Crippen LogP contribution in [-0.2, 0) is 6.42 Å². The summed E-state index contributed by atoms with van der Waals surface area (Å²) in [5.74, 6) is -0.956. The summed E-state index contributed by atoms with van der Waals surface area (Å²) in [6.07, 6.45) is 1.51. The van der Waals surface area contributed by atoms with Crippen LogP contribution in [0.5, 0.6) is 0 Å². The van der Waals surface area contributed by atoms with Gasteiger partial charge in [0.2, 0.25) is 5.91 Å². The van der Waals surface area contributed by atoms with E-state index in [4.69, 9.17) is 11.5 Å². The molecule has 5 heteroatoms. The number of amides is 1. The minimum absolute atomic E-state index is 0.0719. The Morgan fingerprint density at radius 2 is 2.14 bits per heavy atom. The van der Waals surface area contributed by atoms with Gasteiger partial charge in [-0.25, -0.2) is 4.39 Å². The van der Waals surface area contributed by atoms with Crippen molar-refractivity contribution in [3.8, 4) is 0 Å². The third-order valence-corrected chi connectivity index (χ3v) is 4.62. The SMILES string of the molecule is CC1=C(C)c2c(c(C(N)=O)cc(F)c2N2CC[C@H](N)C2)C1. The van der Waals surface area contributed by atoms with E-state index in [9.17, 15) is 9.18 Å². The molecular weight excluding hydrogens is 269 g/mol. The summed E-state index contributed by atoms with van der Waals surface area (Å²) in [6, 6.07) is 1.36. The van der Waals surface area contributed by atoms with Gasteiger partial charge in [-0.05, 0) is 43.9 Å². The summed E-state index contributed by atoms with van der Waals surface area (Å²) in [4.78, 5) is 13.6. The molecule has 0 radical (unpaired) electrons. The fourth-order valence-corrected chi connectivity index (χ4v) is 3.40. The number of benzene rings is 1. The molecule has 0 saturated carbocycles. The summed E-state index contributed by atoms with van der Waals surface area (Å²) in [5, 5.41) is 0. The number of allylic oxidation sites excluding steroid dienone is 2. The normalized spacial score (nSPS) is 21.1. The number of carbonyl (C=O) groups is 1. The van der Waals surface area contributed by atoms with Crippen molar-refractivity contribution in [2.24, 2.45) is 11.5 Å². The number of rotatable bonds is 2. The first kappa shape index (κ1) is 14.1.